The van der Waals surface area contributed by atoms with E-state index in [4.69, 9.17) is 0 Å². The molecule has 0 amide bonds. The van der Waals surface area contributed by atoms with Gasteiger partial charge in [-0.15, -0.1) is 0 Å². The third kappa shape index (κ3) is 2.12. The van der Waals surface area contributed by atoms with Crippen LogP contribution in [0.25, 0.3) is 0 Å². The summed E-state index contributed by atoms with van der Waals surface area (Å²) in [5, 5.41) is 18.3. The molecule has 0 aromatic heterocycles. The Bertz CT molecular complexity index is 349. The smallest absolute Gasteiger partial charge is 0.333 e. The average molecular weight is 238 g/mol. The maximum Gasteiger partial charge on any atom is 0.333 e. The molecular formula is C11H18N4O2. The van der Waals surface area contributed by atoms with Gasteiger partial charge in [0.05, 0.1) is 6.21 Å². The molecule has 0 aromatic carbocycles. The Hall–Kier alpha value is -1.56. The van der Waals surface area contributed by atoms with Gasteiger partial charge in [0.15, 0.2) is 5.54 Å². The molecule has 0 spiro atoms. The number of nitrogens with zero attached hydrogens (tertiary/aromatic N) is 2. The molecule has 2 rings (SSSR count). The molecule has 1 saturated heterocycles. The van der Waals surface area contributed by atoms with E-state index in [9.17, 15) is 9.90 Å². The Labute approximate surface area is 100 Å². The molecule has 0 bridgehead atoms. The van der Waals surface area contributed by atoms with Crippen LogP contribution in [0.5, 0.6) is 0 Å². The van der Waals surface area contributed by atoms with Crippen molar-refractivity contribution < 1.29 is 9.90 Å². The fourth-order valence-corrected chi connectivity index (χ4v) is 2.37. The molecule has 0 saturated carbocycles. The predicted molar refractivity (Wildman–Crippen MR) is 64.2 cm³/mol. The number of aliphatic carboxylic acids is 1. The van der Waals surface area contributed by atoms with Crippen molar-refractivity contribution in [3.8, 4) is 0 Å². The summed E-state index contributed by atoms with van der Waals surface area (Å²) in [6, 6.07) is 0. The van der Waals surface area contributed by atoms with E-state index in [1.807, 2.05) is 0 Å². The molecule has 2 heterocycles. The van der Waals surface area contributed by atoms with E-state index in [-0.39, 0.29) is 5.92 Å². The third-order valence-electron chi connectivity index (χ3n) is 3.57. The minimum absolute atomic E-state index is 0.0809. The molecule has 2 aliphatic heterocycles. The first-order valence-electron chi connectivity index (χ1n) is 5.85. The van der Waals surface area contributed by atoms with E-state index in [0.717, 1.165) is 25.9 Å². The van der Waals surface area contributed by atoms with E-state index in [1.54, 1.807) is 25.4 Å². The van der Waals surface area contributed by atoms with Crippen molar-refractivity contribution in [3.05, 3.63) is 12.3 Å². The zero-order chi connectivity index (χ0) is 12.3. The highest BCUT2D eigenvalue weighted by Crippen LogP contribution is 2.31. The second-order valence-corrected chi connectivity index (χ2v) is 4.54. The van der Waals surface area contributed by atoms with Gasteiger partial charge in [0.1, 0.15) is 0 Å². The maximum atomic E-state index is 11.6. The summed E-state index contributed by atoms with van der Waals surface area (Å²) < 4.78 is 0. The molecule has 0 aromatic rings. The number of hydrazine groups is 1. The number of allylic oxidation sites excluding steroid dienone is 1. The summed E-state index contributed by atoms with van der Waals surface area (Å²) in [5.41, 5.74) is 1.88. The van der Waals surface area contributed by atoms with Gasteiger partial charge in [-0.25, -0.2) is 4.79 Å². The quantitative estimate of drug-likeness (QED) is 0.652. The monoisotopic (exact) mass is 238 g/mol. The number of hydrogen-bond acceptors (Lipinski definition) is 5. The lowest BCUT2D eigenvalue weighted by Gasteiger charge is -2.42. The summed E-state index contributed by atoms with van der Waals surface area (Å²) in [6.07, 6.45) is 6.72. The summed E-state index contributed by atoms with van der Waals surface area (Å²) >= 11 is 0. The SMILES string of the molecule is CC(C(=O)O)(C1CCNCC1)N1N=CC=CN1. The van der Waals surface area contributed by atoms with Gasteiger partial charge in [0.2, 0.25) is 0 Å². The number of carbonyl (C=O) groups is 1. The van der Waals surface area contributed by atoms with E-state index in [2.05, 4.69) is 15.8 Å². The van der Waals surface area contributed by atoms with E-state index in [0.29, 0.717) is 0 Å². The Morgan fingerprint density at radius 2 is 2.24 bits per heavy atom. The lowest BCUT2D eigenvalue weighted by atomic mass is 9.79. The lowest BCUT2D eigenvalue weighted by molar-refractivity contribution is -0.158. The minimum atomic E-state index is -1.01. The molecule has 1 fully saturated rings. The highest BCUT2D eigenvalue weighted by Gasteiger charge is 2.47. The number of piperidine rings is 1. The minimum Gasteiger partial charge on any atom is -0.479 e. The Kier molecular flexibility index (Phi) is 3.33. The van der Waals surface area contributed by atoms with Gasteiger partial charge < -0.3 is 10.4 Å². The topological polar surface area (TPSA) is 77.0 Å². The standard InChI is InChI=1S/C11H18N4O2/c1-11(10(16)17,9-3-7-12-8-4-9)15-13-5-2-6-14-15/h2,5-6,9,12-13H,3-4,7-8H2,1H3,(H,16,17). The van der Waals surface area contributed by atoms with Crippen LogP contribution in [0.1, 0.15) is 19.8 Å². The Balaban J connectivity index is 2.21. The van der Waals surface area contributed by atoms with Gasteiger partial charge in [-0.2, -0.15) is 10.2 Å². The zero-order valence-electron chi connectivity index (χ0n) is 9.89. The number of hydrogen-bond donors (Lipinski definition) is 3. The van der Waals surface area contributed by atoms with Gasteiger partial charge in [-0.05, 0) is 44.8 Å². The normalized spacial score (nSPS) is 24.2. The number of nitrogens with one attached hydrogen (secondary N) is 2. The van der Waals surface area contributed by atoms with Crippen LogP contribution in [0.2, 0.25) is 0 Å². The van der Waals surface area contributed by atoms with Crippen LogP contribution in [0.4, 0.5) is 0 Å². The van der Waals surface area contributed by atoms with Crippen molar-refractivity contribution >= 4 is 12.2 Å². The fraction of sp³-hybridized carbons (Fsp3) is 0.636. The largest absolute Gasteiger partial charge is 0.479 e. The molecular weight excluding hydrogens is 220 g/mol. The zero-order valence-corrected chi connectivity index (χ0v) is 9.89. The van der Waals surface area contributed by atoms with Crippen molar-refractivity contribution in [3.63, 3.8) is 0 Å². The van der Waals surface area contributed by atoms with Gasteiger partial charge in [0, 0.05) is 6.20 Å². The van der Waals surface area contributed by atoms with Crippen molar-refractivity contribution in [1.29, 1.82) is 0 Å². The second kappa shape index (κ2) is 4.75. The van der Waals surface area contributed by atoms with Gasteiger partial charge in [-0.1, -0.05) is 0 Å². The third-order valence-corrected chi connectivity index (χ3v) is 3.57. The van der Waals surface area contributed by atoms with Crippen molar-refractivity contribution in [2.24, 2.45) is 11.0 Å². The maximum absolute atomic E-state index is 11.6. The predicted octanol–water partition coefficient (Wildman–Crippen LogP) is 0.149. The molecule has 1 unspecified atom stereocenters. The molecule has 0 radical (unpaired) electrons. The van der Waals surface area contributed by atoms with Crippen molar-refractivity contribution in [2.45, 2.75) is 25.3 Å². The van der Waals surface area contributed by atoms with Crippen LogP contribution in [0.3, 0.4) is 0 Å². The summed E-state index contributed by atoms with van der Waals surface area (Å²) in [5.74, 6) is -0.762. The summed E-state index contributed by atoms with van der Waals surface area (Å²) in [6.45, 7) is 3.46. The summed E-state index contributed by atoms with van der Waals surface area (Å²) in [7, 11) is 0. The van der Waals surface area contributed by atoms with Crippen molar-refractivity contribution in [2.75, 3.05) is 13.1 Å². The van der Waals surface area contributed by atoms with E-state index in [1.165, 1.54) is 5.12 Å². The first-order valence-corrected chi connectivity index (χ1v) is 5.85. The fourth-order valence-electron chi connectivity index (χ4n) is 2.37. The number of carboxylic acids is 1. The molecule has 6 heteroatoms. The molecule has 17 heavy (non-hydrogen) atoms. The Morgan fingerprint density at radius 1 is 1.53 bits per heavy atom. The molecule has 1 atom stereocenters. The first-order chi connectivity index (χ1) is 8.15. The van der Waals surface area contributed by atoms with Gasteiger partial charge in [-0.3, -0.25) is 5.43 Å². The molecule has 6 nitrogen and oxygen atoms in total. The van der Waals surface area contributed by atoms with Crippen LogP contribution >= 0.6 is 0 Å². The number of hydrazone groups is 1. The van der Waals surface area contributed by atoms with Crippen LogP contribution in [-0.4, -0.2) is 41.0 Å². The van der Waals surface area contributed by atoms with E-state index >= 15 is 0 Å². The Morgan fingerprint density at radius 3 is 2.76 bits per heavy atom. The molecule has 94 valence electrons. The van der Waals surface area contributed by atoms with Crippen LogP contribution in [-0.2, 0) is 4.79 Å². The average Bonchev–Trinajstić information content (AvgIpc) is 2.39. The van der Waals surface area contributed by atoms with Gasteiger partial charge in [0.25, 0.3) is 0 Å². The summed E-state index contributed by atoms with van der Waals surface area (Å²) in [4.78, 5) is 11.6. The second-order valence-electron chi connectivity index (χ2n) is 4.54. The highest BCUT2D eigenvalue weighted by atomic mass is 16.4. The molecule has 2 aliphatic rings. The lowest BCUT2D eigenvalue weighted by Crippen LogP contribution is -2.61. The molecule has 3 N–H and O–H groups in total. The van der Waals surface area contributed by atoms with E-state index < -0.39 is 11.5 Å². The highest BCUT2D eigenvalue weighted by molar-refractivity contribution is 5.79. The van der Waals surface area contributed by atoms with Crippen LogP contribution in [0.15, 0.2) is 17.4 Å². The first kappa shape index (κ1) is 11.9. The number of rotatable bonds is 3. The molecule has 0 aliphatic carbocycles. The van der Waals surface area contributed by atoms with Crippen LogP contribution < -0.4 is 10.7 Å². The number of carboxylic acid groups (broad SMARTS) is 1. The van der Waals surface area contributed by atoms with Crippen LogP contribution in [0, 0.1) is 5.92 Å². The van der Waals surface area contributed by atoms with Gasteiger partial charge >= 0.3 is 5.97 Å². The van der Waals surface area contributed by atoms with Crippen molar-refractivity contribution in [1.82, 2.24) is 15.9 Å².